The molecular weight excluding hydrogens is 190 g/mol. The highest BCUT2D eigenvalue weighted by molar-refractivity contribution is 5.95. The standard InChI is InChI=1S/C11H11N3O/c1-14-10(5-7-13-14)11(15)8-9-4-2-3-6-12-9/h2-7H,8H2,1H3. The zero-order chi connectivity index (χ0) is 10.7. The number of rotatable bonds is 3. The van der Waals surface area contributed by atoms with E-state index in [1.54, 1.807) is 30.2 Å². The Bertz CT molecular complexity index is 462. The van der Waals surface area contributed by atoms with Crippen LogP contribution in [0.2, 0.25) is 0 Å². The van der Waals surface area contributed by atoms with Gasteiger partial charge in [-0.2, -0.15) is 5.10 Å². The van der Waals surface area contributed by atoms with E-state index in [2.05, 4.69) is 10.1 Å². The molecule has 2 rings (SSSR count). The summed E-state index contributed by atoms with van der Waals surface area (Å²) in [5.41, 5.74) is 1.39. The molecule has 0 saturated carbocycles. The molecule has 0 unspecified atom stereocenters. The summed E-state index contributed by atoms with van der Waals surface area (Å²) in [6.07, 6.45) is 3.62. The first-order chi connectivity index (χ1) is 7.27. The fourth-order valence-electron chi connectivity index (χ4n) is 1.41. The van der Waals surface area contributed by atoms with Crippen LogP contribution in [-0.4, -0.2) is 20.5 Å². The minimum atomic E-state index is 0.0358. The molecule has 0 saturated heterocycles. The minimum absolute atomic E-state index is 0.0358. The van der Waals surface area contributed by atoms with Crippen LogP contribution in [-0.2, 0) is 13.5 Å². The maximum absolute atomic E-state index is 11.8. The van der Waals surface area contributed by atoms with Gasteiger partial charge in [0, 0.05) is 25.1 Å². The van der Waals surface area contributed by atoms with Crippen LogP contribution < -0.4 is 0 Å². The van der Waals surface area contributed by atoms with Crippen LogP contribution in [0.1, 0.15) is 16.2 Å². The summed E-state index contributed by atoms with van der Waals surface area (Å²) in [6.45, 7) is 0. The Morgan fingerprint density at radius 3 is 2.80 bits per heavy atom. The van der Waals surface area contributed by atoms with E-state index in [-0.39, 0.29) is 5.78 Å². The van der Waals surface area contributed by atoms with Crippen molar-refractivity contribution in [1.82, 2.24) is 14.8 Å². The average molecular weight is 201 g/mol. The highest BCUT2D eigenvalue weighted by atomic mass is 16.1. The monoisotopic (exact) mass is 201 g/mol. The average Bonchev–Trinajstić information content (AvgIpc) is 2.66. The van der Waals surface area contributed by atoms with Gasteiger partial charge in [0.25, 0.3) is 0 Å². The lowest BCUT2D eigenvalue weighted by Gasteiger charge is -2.00. The smallest absolute Gasteiger partial charge is 0.186 e. The number of Topliss-reactive ketones (excluding diaryl/α,β-unsaturated/α-hetero) is 1. The molecule has 76 valence electrons. The molecule has 4 nitrogen and oxygen atoms in total. The van der Waals surface area contributed by atoms with Crippen molar-refractivity contribution >= 4 is 5.78 Å². The Balaban J connectivity index is 2.15. The molecule has 0 aliphatic carbocycles. The van der Waals surface area contributed by atoms with Crippen molar-refractivity contribution in [3.05, 3.63) is 48.0 Å². The fraction of sp³-hybridized carbons (Fsp3) is 0.182. The third kappa shape index (κ3) is 2.10. The SMILES string of the molecule is Cn1nccc1C(=O)Cc1ccccn1. The molecule has 15 heavy (non-hydrogen) atoms. The molecule has 2 aromatic rings. The quantitative estimate of drug-likeness (QED) is 0.702. The molecule has 0 amide bonds. The van der Waals surface area contributed by atoms with Crippen molar-refractivity contribution in [1.29, 1.82) is 0 Å². The van der Waals surface area contributed by atoms with E-state index in [0.29, 0.717) is 12.1 Å². The van der Waals surface area contributed by atoms with E-state index in [1.807, 2.05) is 18.2 Å². The van der Waals surface area contributed by atoms with Crippen molar-refractivity contribution in [2.45, 2.75) is 6.42 Å². The number of nitrogens with zero attached hydrogens (tertiary/aromatic N) is 3. The van der Waals surface area contributed by atoms with Crippen LogP contribution in [0.15, 0.2) is 36.7 Å². The van der Waals surface area contributed by atoms with E-state index >= 15 is 0 Å². The lowest BCUT2D eigenvalue weighted by atomic mass is 10.1. The summed E-state index contributed by atoms with van der Waals surface area (Å²) in [6, 6.07) is 7.26. The van der Waals surface area contributed by atoms with Crippen LogP contribution in [0, 0.1) is 0 Å². The van der Waals surface area contributed by atoms with Gasteiger partial charge in [-0.15, -0.1) is 0 Å². The van der Waals surface area contributed by atoms with Gasteiger partial charge in [-0.25, -0.2) is 0 Å². The molecule has 0 aromatic carbocycles. The number of pyridine rings is 1. The van der Waals surface area contributed by atoms with Gasteiger partial charge in [0.2, 0.25) is 0 Å². The van der Waals surface area contributed by atoms with Gasteiger partial charge in [0.1, 0.15) is 5.69 Å². The molecule has 4 heteroatoms. The van der Waals surface area contributed by atoms with Crippen LogP contribution in [0.3, 0.4) is 0 Å². The van der Waals surface area contributed by atoms with Crippen molar-refractivity contribution < 1.29 is 4.79 Å². The van der Waals surface area contributed by atoms with Crippen LogP contribution in [0.4, 0.5) is 0 Å². The normalized spacial score (nSPS) is 10.2. The summed E-state index contributed by atoms with van der Waals surface area (Å²) in [4.78, 5) is 15.9. The Morgan fingerprint density at radius 1 is 1.33 bits per heavy atom. The van der Waals surface area contributed by atoms with Crippen molar-refractivity contribution in [3.8, 4) is 0 Å². The van der Waals surface area contributed by atoms with Gasteiger partial charge in [-0.05, 0) is 18.2 Å². The highest BCUT2D eigenvalue weighted by Gasteiger charge is 2.10. The first-order valence-corrected chi connectivity index (χ1v) is 4.68. The molecular formula is C11H11N3O. The van der Waals surface area contributed by atoms with E-state index in [9.17, 15) is 4.79 Å². The number of aryl methyl sites for hydroxylation is 1. The van der Waals surface area contributed by atoms with Gasteiger partial charge in [0.15, 0.2) is 5.78 Å². The maximum Gasteiger partial charge on any atom is 0.186 e. The maximum atomic E-state index is 11.8. The molecule has 0 aliphatic heterocycles. The summed E-state index contributed by atoms with van der Waals surface area (Å²) < 4.78 is 1.57. The van der Waals surface area contributed by atoms with Gasteiger partial charge in [0.05, 0.1) is 6.42 Å². The number of hydrogen-bond donors (Lipinski definition) is 0. The largest absolute Gasteiger partial charge is 0.292 e. The summed E-state index contributed by atoms with van der Waals surface area (Å²) in [5, 5.41) is 3.95. The van der Waals surface area contributed by atoms with Crippen molar-refractivity contribution in [2.75, 3.05) is 0 Å². The number of carbonyl (C=O) groups is 1. The van der Waals surface area contributed by atoms with Gasteiger partial charge in [-0.1, -0.05) is 6.07 Å². The van der Waals surface area contributed by atoms with Crippen LogP contribution in [0.25, 0.3) is 0 Å². The van der Waals surface area contributed by atoms with Crippen LogP contribution in [0.5, 0.6) is 0 Å². The Morgan fingerprint density at radius 2 is 2.20 bits per heavy atom. The first-order valence-electron chi connectivity index (χ1n) is 4.68. The summed E-state index contributed by atoms with van der Waals surface area (Å²) in [7, 11) is 1.76. The molecule has 0 radical (unpaired) electrons. The molecule has 0 spiro atoms. The van der Waals surface area contributed by atoms with Crippen molar-refractivity contribution in [3.63, 3.8) is 0 Å². The van der Waals surface area contributed by atoms with Gasteiger partial charge in [-0.3, -0.25) is 14.5 Å². The Hall–Kier alpha value is -1.97. The first kappa shape index (κ1) is 9.58. The van der Waals surface area contributed by atoms with Crippen LogP contribution >= 0.6 is 0 Å². The van der Waals surface area contributed by atoms with E-state index in [4.69, 9.17) is 0 Å². The summed E-state index contributed by atoms with van der Waals surface area (Å²) >= 11 is 0. The third-order valence-corrected chi connectivity index (χ3v) is 2.17. The molecule has 0 fully saturated rings. The number of ketones is 1. The molecule has 2 heterocycles. The van der Waals surface area contributed by atoms with Gasteiger partial charge >= 0.3 is 0 Å². The lowest BCUT2D eigenvalue weighted by molar-refractivity contribution is 0.0983. The van der Waals surface area contributed by atoms with E-state index in [1.165, 1.54) is 0 Å². The molecule has 0 N–H and O–H groups in total. The second-order valence-corrected chi connectivity index (χ2v) is 3.26. The lowest BCUT2D eigenvalue weighted by Crippen LogP contribution is -2.10. The second kappa shape index (κ2) is 4.04. The highest BCUT2D eigenvalue weighted by Crippen LogP contribution is 2.03. The number of carbonyl (C=O) groups excluding carboxylic acids is 1. The zero-order valence-corrected chi connectivity index (χ0v) is 8.42. The Kier molecular flexibility index (Phi) is 2.58. The number of hydrogen-bond acceptors (Lipinski definition) is 3. The number of aromatic nitrogens is 3. The van der Waals surface area contributed by atoms with Crippen molar-refractivity contribution in [2.24, 2.45) is 7.05 Å². The predicted molar refractivity (Wildman–Crippen MR) is 55.5 cm³/mol. The van der Waals surface area contributed by atoms with E-state index < -0.39 is 0 Å². The minimum Gasteiger partial charge on any atom is -0.292 e. The molecule has 2 aromatic heterocycles. The predicted octanol–water partition coefficient (Wildman–Crippen LogP) is 1.24. The topological polar surface area (TPSA) is 47.8 Å². The fourth-order valence-corrected chi connectivity index (χ4v) is 1.41. The second-order valence-electron chi connectivity index (χ2n) is 3.26. The summed E-state index contributed by atoms with van der Waals surface area (Å²) in [5.74, 6) is 0.0358. The third-order valence-electron chi connectivity index (χ3n) is 2.17. The van der Waals surface area contributed by atoms with Gasteiger partial charge < -0.3 is 0 Å². The molecule has 0 atom stereocenters. The Labute approximate surface area is 87.6 Å². The molecule has 0 bridgehead atoms. The van der Waals surface area contributed by atoms with E-state index in [0.717, 1.165) is 5.69 Å². The zero-order valence-electron chi connectivity index (χ0n) is 8.42. The molecule has 0 aliphatic rings.